The van der Waals surface area contributed by atoms with E-state index in [1.165, 1.54) is 10.4 Å². The molecule has 258 valence electrons. The van der Waals surface area contributed by atoms with Crippen LogP contribution in [0.15, 0.2) is 60.7 Å². The summed E-state index contributed by atoms with van der Waals surface area (Å²) in [4.78, 5) is 17.7. The Bertz CT molecular complexity index is 1520. The molecule has 0 bridgehead atoms. The van der Waals surface area contributed by atoms with E-state index in [0.29, 0.717) is 45.2 Å². The SMILES string of the molecule is C[C@H](Oc1nc(C(=N)NO)nc(N2CCOC[C@@](O[Si](c3ccccc3)(c3ccccc3)C(C)(C)C)(C3CC3)C2)n1)[C@@H]1C[C@@H](F)CN1C. The van der Waals surface area contributed by atoms with Gasteiger partial charge in [-0.1, -0.05) is 81.4 Å². The van der Waals surface area contributed by atoms with Gasteiger partial charge in [0.1, 0.15) is 17.9 Å². The van der Waals surface area contributed by atoms with Crippen molar-refractivity contribution in [2.24, 2.45) is 5.92 Å². The maximum Gasteiger partial charge on any atom is 0.322 e. The number of benzene rings is 2. The van der Waals surface area contributed by atoms with Gasteiger partial charge in [0.05, 0.1) is 19.8 Å². The van der Waals surface area contributed by atoms with Crippen molar-refractivity contribution in [3.05, 3.63) is 66.5 Å². The van der Waals surface area contributed by atoms with Crippen LogP contribution in [0.4, 0.5) is 10.3 Å². The van der Waals surface area contributed by atoms with Gasteiger partial charge in [-0.2, -0.15) is 15.0 Å². The van der Waals surface area contributed by atoms with Gasteiger partial charge in [-0.05, 0) is 54.6 Å². The molecule has 1 aromatic heterocycles. The van der Waals surface area contributed by atoms with E-state index < -0.39 is 26.2 Å². The third-order valence-corrected chi connectivity index (χ3v) is 15.1. The molecule has 3 N–H and O–H groups in total. The number of nitrogens with one attached hydrogen (secondary N) is 2. The Labute approximate surface area is 283 Å². The van der Waals surface area contributed by atoms with Gasteiger partial charge in [0.2, 0.25) is 11.8 Å². The van der Waals surface area contributed by atoms with Gasteiger partial charge in [-0.3, -0.25) is 15.5 Å². The number of amidine groups is 1. The number of likely N-dealkylation sites (tertiary alicyclic amines) is 1. The third-order valence-electron chi connectivity index (χ3n) is 10.0. The Morgan fingerprint density at radius 1 is 1.08 bits per heavy atom. The zero-order valence-electron chi connectivity index (χ0n) is 28.5. The molecular formula is C35H48FN7O4Si. The molecule has 0 spiro atoms. The number of likely N-dealkylation sites (N-methyl/N-ethyl adjacent to an activating group) is 1. The van der Waals surface area contributed by atoms with Crippen LogP contribution in [0.25, 0.3) is 0 Å². The van der Waals surface area contributed by atoms with Gasteiger partial charge in [-0.15, -0.1) is 0 Å². The Balaban J connectivity index is 1.40. The third kappa shape index (κ3) is 6.84. The van der Waals surface area contributed by atoms with Crippen LogP contribution < -0.4 is 25.5 Å². The molecule has 1 saturated carbocycles. The van der Waals surface area contributed by atoms with Crippen LogP contribution in [0.3, 0.4) is 0 Å². The number of hydrogen-bond acceptors (Lipinski definition) is 10. The van der Waals surface area contributed by atoms with E-state index in [-0.39, 0.29) is 34.7 Å². The summed E-state index contributed by atoms with van der Waals surface area (Å²) in [5.74, 6) is 0.108. The molecule has 0 amide bonds. The highest BCUT2D eigenvalue weighted by atomic mass is 28.4. The molecule has 0 unspecified atom stereocenters. The molecule has 0 radical (unpaired) electrons. The summed E-state index contributed by atoms with van der Waals surface area (Å²) in [6, 6.07) is 21.1. The predicted molar refractivity (Wildman–Crippen MR) is 185 cm³/mol. The first kappa shape index (κ1) is 34.4. The maximum atomic E-state index is 14.2. The average molecular weight is 678 g/mol. The molecule has 3 aromatic rings. The van der Waals surface area contributed by atoms with Crippen molar-refractivity contribution in [3.63, 3.8) is 0 Å². The molecule has 11 nitrogen and oxygen atoms in total. The minimum Gasteiger partial charge on any atom is -0.459 e. The average Bonchev–Trinajstić information content (AvgIpc) is 3.90. The van der Waals surface area contributed by atoms with Gasteiger partial charge >= 0.3 is 6.01 Å². The molecule has 1 aliphatic carbocycles. The lowest BCUT2D eigenvalue weighted by atomic mass is 9.98. The van der Waals surface area contributed by atoms with Crippen molar-refractivity contribution in [2.45, 2.75) is 75.9 Å². The number of hydrogen-bond donors (Lipinski definition) is 3. The Morgan fingerprint density at radius 2 is 1.73 bits per heavy atom. The highest BCUT2D eigenvalue weighted by Gasteiger charge is 2.59. The zero-order chi connectivity index (χ0) is 34.1. The second-order valence-corrected chi connectivity index (χ2v) is 18.7. The summed E-state index contributed by atoms with van der Waals surface area (Å²) in [5.41, 5.74) is 1.17. The van der Waals surface area contributed by atoms with E-state index >= 15 is 0 Å². The van der Waals surface area contributed by atoms with Gasteiger partial charge in [0.25, 0.3) is 8.32 Å². The molecule has 4 atom stereocenters. The standard InChI is InChI=1S/C35H48FN7O4Si/c1-24(29-20-26(36)21-42(29)5)46-33-39-31(30(37)41-44)38-32(40-33)43-18-19-45-23-35(22-43,25-16-17-25)47-48(34(2,3)4,27-12-8-6-9-13-27)28-14-10-7-11-15-28/h6-15,24-26,29,44H,16-23H2,1-5H3,(H2,37,41)/t24-,26+,29-,35+/m0/s1. The normalized spacial score (nSPS) is 24.6. The monoisotopic (exact) mass is 677 g/mol. The number of hydroxylamine groups is 1. The van der Waals surface area contributed by atoms with Crippen molar-refractivity contribution in [1.82, 2.24) is 25.3 Å². The van der Waals surface area contributed by atoms with E-state index in [1.54, 1.807) is 0 Å². The Morgan fingerprint density at radius 3 is 2.27 bits per heavy atom. The van der Waals surface area contributed by atoms with Gasteiger partial charge in [0, 0.05) is 19.1 Å². The first-order chi connectivity index (χ1) is 23.0. The van der Waals surface area contributed by atoms with Crippen LogP contribution >= 0.6 is 0 Å². The van der Waals surface area contributed by atoms with Gasteiger partial charge in [0.15, 0.2) is 5.84 Å². The fourth-order valence-electron chi connectivity index (χ4n) is 7.45. The number of anilines is 1. The molecule has 2 saturated heterocycles. The summed E-state index contributed by atoms with van der Waals surface area (Å²) in [7, 11) is -1.10. The number of halogens is 1. The fraction of sp³-hybridized carbons (Fsp3) is 0.543. The smallest absolute Gasteiger partial charge is 0.322 e. The minimum atomic E-state index is -2.98. The fourth-order valence-corrected chi connectivity index (χ4v) is 12.3. The molecule has 3 heterocycles. The lowest BCUT2D eigenvalue weighted by Crippen LogP contribution is -2.71. The number of alkyl halides is 1. The topological polar surface area (TPSA) is 129 Å². The summed E-state index contributed by atoms with van der Waals surface area (Å²) >= 11 is 0. The molecule has 3 aliphatic rings. The largest absolute Gasteiger partial charge is 0.459 e. The molecular weight excluding hydrogens is 630 g/mol. The predicted octanol–water partition coefficient (Wildman–Crippen LogP) is 3.55. The van der Waals surface area contributed by atoms with Gasteiger partial charge in [-0.25, -0.2) is 9.87 Å². The summed E-state index contributed by atoms with van der Waals surface area (Å²) in [5, 5.41) is 20.1. The number of rotatable bonds is 10. The molecule has 48 heavy (non-hydrogen) atoms. The van der Waals surface area contributed by atoms with Crippen LogP contribution in [0.2, 0.25) is 5.04 Å². The van der Waals surface area contributed by atoms with Gasteiger partial charge < -0.3 is 18.8 Å². The quantitative estimate of drug-likeness (QED) is 0.127. The first-order valence-electron chi connectivity index (χ1n) is 16.9. The van der Waals surface area contributed by atoms with E-state index in [0.717, 1.165) is 12.8 Å². The van der Waals surface area contributed by atoms with Crippen molar-refractivity contribution < 1.29 is 23.5 Å². The van der Waals surface area contributed by atoms with Crippen LogP contribution in [-0.4, -0.2) is 103 Å². The first-order valence-corrected chi connectivity index (χ1v) is 18.8. The van der Waals surface area contributed by atoms with E-state index in [1.807, 2.05) is 41.4 Å². The van der Waals surface area contributed by atoms with Crippen molar-refractivity contribution >= 4 is 30.5 Å². The molecule has 2 aromatic carbocycles. The second-order valence-electron chi connectivity index (χ2n) is 14.5. The lowest BCUT2D eigenvalue weighted by molar-refractivity contribution is -0.0290. The summed E-state index contributed by atoms with van der Waals surface area (Å²) in [6.45, 7) is 10.8. The van der Waals surface area contributed by atoms with E-state index in [4.69, 9.17) is 24.3 Å². The van der Waals surface area contributed by atoms with Crippen LogP contribution in [-0.2, 0) is 9.16 Å². The van der Waals surface area contributed by atoms with Crippen molar-refractivity contribution in [1.29, 1.82) is 5.41 Å². The lowest BCUT2D eigenvalue weighted by Gasteiger charge is -2.50. The molecule has 2 aliphatic heterocycles. The zero-order valence-corrected chi connectivity index (χ0v) is 29.5. The minimum absolute atomic E-state index is 0.00768. The van der Waals surface area contributed by atoms with Crippen LogP contribution in [0.1, 0.15) is 52.8 Å². The molecule has 3 fully saturated rings. The van der Waals surface area contributed by atoms with Crippen molar-refractivity contribution in [3.8, 4) is 6.01 Å². The Kier molecular flexibility index (Phi) is 9.87. The number of ether oxygens (including phenoxy) is 2. The second kappa shape index (κ2) is 13.8. The molecule has 13 heteroatoms. The summed E-state index contributed by atoms with van der Waals surface area (Å²) in [6.07, 6.45) is 1.04. The van der Waals surface area contributed by atoms with E-state index in [2.05, 4.69) is 79.3 Å². The highest BCUT2D eigenvalue weighted by molar-refractivity contribution is 6.99. The summed E-state index contributed by atoms with van der Waals surface area (Å²) < 4.78 is 34.7. The Hall–Kier alpha value is -3.49. The van der Waals surface area contributed by atoms with Crippen LogP contribution in [0, 0.1) is 11.3 Å². The van der Waals surface area contributed by atoms with E-state index in [9.17, 15) is 9.60 Å². The maximum absolute atomic E-state index is 14.2. The van der Waals surface area contributed by atoms with Crippen molar-refractivity contribution in [2.75, 3.05) is 44.8 Å². The van der Waals surface area contributed by atoms with Crippen LogP contribution in [0.5, 0.6) is 6.01 Å². The highest BCUT2D eigenvalue weighted by Crippen LogP contribution is 2.48. The number of nitrogens with zero attached hydrogens (tertiary/aromatic N) is 5. The number of aromatic nitrogens is 3. The molecule has 6 rings (SSSR count).